The maximum absolute atomic E-state index is 13.0. The standard InChI is InChI=1S/C24H16BrNO4S2/c25-19-11-16(9-10-20(19)30-14-15-5-2-1-3-6-15)12-21-22(27)26(24(31)32-21)18-8-4-7-17(13-18)23(28)29/h1-13H,14H2,(H,28,29)/b21-12+. The fraction of sp³-hybridized carbons (Fsp3) is 0.0417. The predicted molar refractivity (Wildman–Crippen MR) is 134 cm³/mol. The average molecular weight is 526 g/mol. The molecule has 1 amide bonds. The lowest BCUT2D eigenvalue weighted by Crippen LogP contribution is -2.27. The molecule has 1 fully saturated rings. The molecule has 160 valence electrons. The Labute approximate surface area is 202 Å². The van der Waals surface area contributed by atoms with Crippen LogP contribution in [0.15, 0.2) is 82.2 Å². The van der Waals surface area contributed by atoms with E-state index in [2.05, 4.69) is 15.9 Å². The molecule has 0 spiro atoms. The van der Waals surface area contributed by atoms with Gasteiger partial charge in [-0.3, -0.25) is 9.69 Å². The molecule has 0 bridgehead atoms. The number of ether oxygens (including phenoxy) is 1. The van der Waals surface area contributed by atoms with E-state index in [0.29, 0.717) is 27.3 Å². The number of carbonyl (C=O) groups excluding carboxylic acids is 1. The molecule has 3 aromatic rings. The van der Waals surface area contributed by atoms with Gasteiger partial charge in [-0.1, -0.05) is 66.4 Å². The number of carbonyl (C=O) groups is 2. The van der Waals surface area contributed by atoms with Crippen LogP contribution in [0.3, 0.4) is 0 Å². The summed E-state index contributed by atoms with van der Waals surface area (Å²) in [6, 6.07) is 21.6. The fourth-order valence-electron chi connectivity index (χ4n) is 3.08. The van der Waals surface area contributed by atoms with Gasteiger partial charge in [-0.2, -0.15) is 0 Å². The zero-order chi connectivity index (χ0) is 22.7. The molecular formula is C24H16BrNO4S2. The molecular weight excluding hydrogens is 510 g/mol. The van der Waals surface area contributed by atoms with Crippen molar-refractivity contribution >= 4 is 67.9 Å². The molecule has 4 rings (SSSR count). The highest BCUT2D eigenvalue weighted by atomic mass is 79.9. The average Bonchev–Trinajstić information content (AvgIpc) is 3.06. The highest BCUT2D eigenvalue weighted by Gasteiger charge is 2.33. The maximum atomic E-state index is 13.0. The number of benzene rings is 3. The van der Waals surface area contributed by atoms with Crippen LogP contribution >= 0.6 is 39.9 Å². The first-order valence-electron chi connectivity index (χ1n) is 9.50. The number of thioether (sulfide) groups is 1. The van der Waals surface area contributed by atoms with E-state index in [1.54, 1.807) is 18.2 Å². The van der Waals surface area contributed by atoms with Crippen molar-refractivity contribution in [2.75, 3.05) is 4.90 Å². The zero-order valence-corrected chi connectivity index (χ0v) is 19.7. The summed E-state index contributed by atoms with van der Waals surface area (Å²) in [5.41, 5.74) is 2.40. The van der Waals surface area contributed by atoms with Gasteiger partial charge >= 0.3 is 5.97 Å². The van der Waals surface area contributed by atoms with Crippen LogP contribution in [-0.4, -0.2) is 21.3 Å². The van der Waals surface area contributed by atoms with Crippen LogP contribution in [0, 0.1) is 0 Å². The first-order chi connectivity index (χ1) is 15.4. The van der Waals surface area contributed by atoms with Gasteiger partial charge in [0, 0.05) is 0 Å². The Hall–Kier alpha value is -2.94. The van der Waals surface area contributed by atoms with Crippen molar-refractivity contribution in [2.24, 2.45) is 0 Å². The summed E-state index contributed by atoms with van der Waals surface area (Å²) in [7, 11) is 0. The molecule has 1 aliphatic heterocycles. The molecule has 0 saturated carbocycles. The van der Waals surface area contributed by atoms with Gasteiger partial charge in [0.1, 0.15) is 12.4 Å². The number of nitrogens with zero attached hydrogens (tertiary/aromatic N) is 1. The summed E-state index contributed by atoms with van der Waals surface area (Å²) in [6.07, 6.45) is 1.76. The van der Waals surface area contributed by atoms with Gasteiger partial charge in [0.15, 0.2) is 4.32 Å². The summed E-state index contributed by atoms with van der Waals surface area (Å²) in [5, 5.41) is 9.21. The summed E-state index contributed by atoms with van der Waals surface area (Å²) in [4.78, 5) is 26.0. The Morgan fingerprint density at radius 3 is 2.59 bits per heavy atom. The summed E-state index contributed by atoms with van der Waals surface area (Å²) in [6.45, 7) is 0.451. The van der Waals surface area contributed by atoms with Crippen molar-refractivity contribution in [2.45, 2.75) is 6.61 Å². The lowest BCUT2D eigenvalue weighted by atomic mass is 10.1. The van der Waals surface area contributed by atoms with Crippen LogP contribution in [0.5, 0.6) is 5.75 Å². The number of halogens is 1. The largest absolute Gasteiger partial charge is 0.488 e. The van der Waals surface area contributed by atoms with E-state index in [-0.39, 0.29) is 11.5 Å². The Balaban J connectivity index is 1.52. The smallest absolute Gasteiger partial charge is 0.335 e. The number of rotatable bonds is 6. The molecule has 0 aromatic heterocycles. The third-order valence-electron chi connectivity index (χ3n) is 4.64. The van der Waals surface area contributed by atoms with Crippen molar-refractivity contribution in [3.63, 3.8) is 0 Å². The third-order valence-corrected chi connectivity index (χ3v) is 6.56. The van der Waals surface area contributed by atoms with Gasteiger partial charge in [0.05, 0.1) is 20.6 Å². The monoisotopic (exact) mass is 525 g/mol. The van der Waals surface area contributed by atoms with Crippen LogP contribution < -0.4 is 9.64 Å². The maximum Gasteiger partial charge on any atom is 0.335 e. The van der Waals surface area contributed by atoms with E-state index in [4.69, 9.17) is 17.0 Å². The summed E-state index contributed by atoms with van der Waals surface area (Å²) < 4.78 is 7.00. The van der Waals surface area contributed by atoms with Gasteiger partial charge in [-0.05, 0) is 63.5 Å². The third kappa shape index (κ3) is 4.93. The summed E-state index contributed by atoms with van der Waals surface area (Å²) in [5.74, 6) is -0.653. The Kier molecular flexibility index (Phi) is 6.74. The number of hydrogen-bond acceptors (Lipinski definition) is 5. The van der Waals surface area contributed by atoms with E-state index in [0.717, 1.165) is 15.6 Å². The Morgan fingerprint density at radius 2 is 1.88 bits per heavy atom. The molecule has 8 heteroatoms. The number of thiocarbonyl (C=S) groups is 1. The Bertz CT molecular complexity index is 1240. The van der Waals surface area contributed by atoms with Gasteiger partial charge < -0.3 is 9.84 Å². The van der Waals surface area contributed by atoms with E-state index >= 15 is 0 Å². The minimum atomic E-state index is -1.06. The first-order valence-corrected chi connectivity index (χ1v) is 11.5. The number of carboxylic acid groups (broad SMARTS) is 1. The topological polar surface area (TPSA) is 66.8 Å². The molecule has 3 aromatic carbocycles. The minimum absolute atomic E-state index is 0.0931. The highest BCUT2D eigenvalue weighted by molar-refractivity contribution is 9.10. The van der Waals surface area contributed by atoms with E-state index in [9.17, 15) is 14.7 Å². The fourth-order valence-corrected chi connectivity index (χ4v) is 4.89. The van der Waals surface area contributed by atoms with Gasteiger partial charge in [0.25, 0.3) is 5.91 Å². The van der Waals surface area contributed by atoms with Crippen LogP contribution in [0.25, 0.3) is 6.08 Å². The van der Waals surface area contributed by atoms with E-state index < -0.39 is 5.97 Å². The summed E-state index contributed by atoms with van der Waals surface area (Å²) >= 11 is 10.1. The van der Waals surface area contributed by atoms with Crippen LogP contribution in [0.2, 0.25) is 0 Å². The SMILES string of the molecule is O=C(O)c1cccc(N2C(=O)/C(=C\c3ccc(OCc4ccccc4)c(Br)c3)SC2=S)c1. The van der Waals surface area contributed by atoms with Crippen LogP contribution in [-0.2, 0) is 11.4 Å². The molecule has 0 atom stereocenters. The predicted octanol–water partition coefficient (Wildman–Crippen LogP) is 6.13. The molecule has 1 N–H and O–H groups in total. The van der Waals surface area contributed by atoms with Crippen molar-refractivity contribution in [1.82, 2.24) is 0 Å². The van der Waals surface area contributed by atoms with Crippen molar-refractivity contribution in [3.05, 3.63) is 98.9 Å². The van der Waals surface area contributed by atoms with Crippen LogP contribution in [0.1, 0.15) is 21.5 Å². The van der Waals surface area contributed by atoms with Crippen molar-refractivity contribution < 1.29 is 19.4 Å². The quantitative estimate of drug-likeness (QED) is 0.308. The minimum Gasteiger partial charge on any atom is -0.488 e. The molecule has 0 unspecified atom stereocenters. The molecule has 32 heavy (non-hydrogen) atoms. The number of hydrogen-bond donors (Lipinski definition) is 1. The number of carboxylic acids is 1. The van der Waals surface area contributed by atoms with Crippen LogP contribution in [0.4, 0.5) is 5.69 Å². The second-order valence-electron chi connectivity index (χ2n) is 6.84. The van der Waals surface area contributed by atoms with Gasteiger partial charge in [-0.15, -0.1) is 0 Å². The second-order valence-corrected chi connectivity index (χ2v) is 9.37. The molecule has 1 aliphatic rings. The molecule has 5 nitrogen and oxygen atoms in total. The highest BCUT2D eigenvalue weighted by Crippen LogP contribution is 2.37. The Morgan fingerprint density at radius 1 is 1.09 bits per heavy atom. The molecule has 0 radical (unpaired) electrons. The number of aromatic carboxylic acids is 1. The van der Waals surface area contributed by atoms with Crippen molar-refractivity contribution in [1.29, 1.82) is 0 Å². The van der Waals surface area contributed by atoms with E-state index in [1.807, 2.05) is 48.5 Å². The number of anilines is 1. The lowest BCUT2D eigenvalue weighted by molar-refractivity contribution is -0.113. The second kappa shape index (κ2) is 9.68. The van der Waals surface area contributed by atoms with Crippen molar-refractivity contribution in [3.8, 4) is 5.75 Å². The number of amides is 1. The molecule has 1 heterocycles. The first kappa shape index (κ1) is 22.3. The van der Waals surface area contributed by atoms with Gasteiger partial charge in [0.2, 0.25) is 0 Å². The lowest BCUT2D eigenvalue weighted by Gasteiger charge is -2.14. The van der Waals surface area contributed by atoms with E-state index in [1.165, 1.54) is 28.8 Å². The van der Waals surface area contributed by atoms with Gasteiger partial charge in [-0.25, -0.2) is 4.79 Å². The molecule has 1 saturated heterocycles. The molecule has 0 aliphatic carbocycles. The normalized spacial score (nSPS) is 14.8. The zero-order valence-electron chi connectivity index (χ0n) is 16.5.